The molecule has 0 radical (unpaired) electrons. The minimum atomic E-state index is -0.662. The van der Waals surface area contributed by atoms with E-state index in [0.29, 0.717) is 16.5 Å². The fraction of sp³-hybridized carbons (Fsp3) is 0.0625. The molecule has 0 fully saturated rings. The maximum absolute atomic E-state index is 14.1. The number of benzene rings is 2. The van der Waals surface area contributed by atoms with Crippen molar-refractivity contribution < 1.29 is 18.3 Å². The van der Waals surface area contributed by atoms with Crippen LogP contribution < -0.4 is 4.74 Å². The van der Waals surface area contributed by atoms with Crippen molar-refractivity contribution in [1.29, 1.82) is 0 Å². The first kappa shape index (κ1) is 12.4. The minimum absolute atomic E-state index is 0.0316. The maximum atomic E-state index is 14.1. The summed E-state index contributed by atoms with van der Waals surface area (Å²) < 4.78 is 24.3. The van der Waals surface area contributed by atoms with Crippen LogP contribution in [0.15, 0.2) is 53.1 Å². The molecule has 0 aliphatic rings. The van der Waals surface area contributed by atoms with Crippen LogP contribution in [0.2, 0.25) is 0 Å². The van der Waals surface area contributed by atoms with Crippen molar-refractivity contribution in [3.63, 3.8) is 0 Å². The summed E-state index contributed by atoms with van der Waals surface area (Å²) in [6.45, 7) is 0. The molecule has 0 aliphatic heterocycles. The van der Waals surface area contributed by atoms with Crippen molar-refractivity contribution >= 4 is 16.8 Å². The average Bonchev–Trinajstić information content (AvgIpc) is 2.91. The molecule has 3 rings (SSSR count). The fourth-order valence-electron chi connectivity index (χ4n) is 2.14. The first-order valence-corrected chi connectivity index (χ1v) is 6.06. The average molecular weight is 270 g/mol. The summed E-state index contributed by atoms with van der Waals surface area (Å²) in [6, 6.07) is 11.6. The molecular formula is C16H11FO3. The zero-order valence-electron chi connectivity index (χ0n) is 10.7. The molecule has 1 heterocycles. The number of carbonyl (C=O) groups is 1. The van der Waals surface area contributed by atoms with Crippen LogP contribution in [0.4, 0.5) is 4.39 Å². The first-order valence-electron chi connectivity index (χ1n) is 6.06. The van der Waals surface area contributed by atoms with Crippen LogP contribution >= 0.6 is 0 Å². The molecule has 0 amide bonds. The zero-order chi connectivity index (χ0) is 14.1. The number of ether oxygens (including phenoxy) is 1. The van der Waals surface area contributed by atoms with Gasteiger partial charge in [-0.2, -0.15) is 0 Å². The van der Waals surface area contributed by atoms with Gasteiger partial charge in [-0.05, 0) is 18.2 Å². The molecule has 0 saturated heterocycles. The van der Waals surface area contributed by atoms with E-state index in [1.165, 1.54) is 25.5 Å². The highest BCUT2D eigenvalue weighted by atomic mass is 19.1. The van der Waals surface area contributed by atoms with Crippen molar-refractivity contribution in [2.45, 2.75) is 0 Å². The predicted molar refractivity (Wildman–Crippen MR) is 72.6 cm³/mol. The van der Waals surface area contributed by atoms with E-state index in [9.17, 15) is 9.18 Å². The molecule has 3 aromatic rings. The van der Waals surface area contributed by atoms with Crippen LogP contribution in [-0.2, 0) is 0 Å². The lowest BCUT2D eigenvalue weighted by molar-refractivity contribution is 0.103. The summed E-state index contributed by atoms with van der Waals surface area (Å²) in [5.41, 5.74) is 0.905. The Morgan fingerprint density at radius 2 is 1.90 bits per heavy atom. The Balaban J connectivity index is 2.14. The van der Waals surface area contributed by atoms with E-state index in [4.69, 9.17) is 9.15 Å². The quantitative estimate of drug-likeness (QED) is 0.679. The molecule has 0 N–H and O–H groups in total. The second kappa shape index (κ2) is 4.81. The summed E-state index contributed by atoms with van der Waals surface area (Å²) in [6.07, 6.45) is 1.35. The van der Waals surface area contributed by atoms with Crippen molar-refractivity contribution in [3.8, 4) is 5.75 Å². The second-order valence-corrected chi connectivity index (χ2v) is 4.30. The minimum Gasteiger partial charge on any atom is -0.494 e. The number of hydrogen-bond donors (Lipinski definition) is 0. The van der Waals surface area contributed by atoms with E-state index in [1.807, 2.05) is 6.07 Å². The predicted octanol–water partition coefficient (Wildman–Crippen LogP) is 3.81. The number of halogens is 1. The highest BCUT2D eigenvalue weighted by Crippen LogP contribution is 2.27. The van der Waals surface area contributed by atoms with Crippen LogP contribution in [0.3, 0.4) is 0 Å². The largest absolute Gasteiger partial charge is 0.494 e. The van der Waals surface area contributed by atoms with E-state index in [2.05, 4.69) is 0 Å². The van der Waals surface area contributed by atoms with E-state index in [-0.39, 0.29) is 11.3 Å². The molecule has 0 aliphatic carbocycles. The van der Waals surface area contributed by atoms with E-state index in [1.54, 1.807) is 24.3 Å². The Hall–Kier alpha value is -2.62. The molecule has 0 spiro atoms. The van der Waals surface area contributed by atoms with Gasteiger partial charge in [0.15, 0.2) is 17.3 Å². The third kappa shape index (κ3) is 1.86. The van der Waals surface area contributed by atoms with Gasteiger partial charge in [-0.25, -0.2) is 4.39 Å². The number of ketones is 1. The van der Waals surface area contributed by atoms with Gasteiger partial charge in [-0.15, -0.1) is 0 Å². The van der Waals surface area contributed by atoms with Crippen molar-refractivity contribution in [1.82, 2.24) is 0 Å². The molecule has 0 atom stereocenters. The molecule has 2 aromatic carbocycles. The van der Waals surface area contributed by atoms with Gasteiger partial charge in [0.05, 0.1) is 18.2 Å². The summed E-state index contributed by atoms with van der Waals surface area (Å²) >= 11 is 0. The molecule has 0 saturated carbocycles. The Morgan fingerprint density at radius 1 is 1.10 bits per heavy atom. The number of fused-ring (bicyclic) bond motifs is 1. The smallest absolute Gasteiger partial charge is 0.199 e. The van der Waals surface area contributed by atoms with E-state index >= 15 is 0 Å². The monoisotopic (exact) mass is 270 g/mol. The Morgan fingerprint density at radius 3 is 2.70 bits per heavy atom. The normalized spacial score (nSPS) is 10.7. The summed E-state index contributed by atoms with van der Waals surface area (Å²) in [4.78, 5) is 12.5. The second-order valence-electron chi connectivity index (χ2n) is 4.30. The lowest BCUT2D eigenvalue weighted by Crippen LogP contribution is -2.04. The van der Waals surface area contributed by atoms with Gasteiger partial charge >= 0.3 is 0 Å². The SMILES string of the molecule is COc1cccc(C(=O)c2coc3ccccc23)c1F. The number of hydrogen-bond acceptors (Lipinski definition) is 3. The van der Waals surface area contributed by atoms with Crippen molar-refractivity contribution in [3.05, 3.63) is 65.7 Å². The number of methoxy groups -OCH3 is 1. The molecule has 4 heteroatoms. The lowest BCUT2D eigenvalue weighted by atomic mass is 10.0. The van der Waals surface area contributed by atoms with Crippen LogP contribution in [-0.4, -0.2) is 12.9 Å². The topological polar surface area (TPSA) is 39.4 Å². The van der Waals surface area contributed by atoms with Gasteiger partial charge in [0, 0.05) is 5.39 Å². The number of carbonyl (C=O) groups excluding carboxylic acids is 1. The maximum Gasteiger partial charge on any atom is 0.199 e. The van der Waals surface area contributed by atoms with Gasteiger partial charge in [-0.1, -0.05) is 24.3 Å². The summed E-state index contributed by atoms with van der Waals surface area (Å²) in [5.74, 6) is -1.04. The number of rotatable bonds is 3. The fourth-order valence-corrected chi connectivity index (χ4v) is 2.14. The molecule has 1 aromatic heterocycles. The summed E-state index contributed by atoms with van der Waals surface area (Å²) in [5, 5.41) is 0.666. The Bertz CT molecular complexity index is 789. The molecule has 0 bridgehead atoms. The molecule has 0 unspecified atom stereocenters. The van der Waals surface area contributed by atoms with Crippen molar-refractivity contribution in [2.75, 3.05) is 7.11 Å². The molecule has 100 valence electrons. The van der Waals surface area contributed by atoms with Crippen LogP contribution in [0.1, 0.15) is 15.9 Å². The number of para-hydroxylation sites is 1. The number of furan rings is 1. The van der Waals surface area contributed by atoms with Gasteiger partial charge in [0.2, 0.25) is 0 Å². The Kier molecular flexibility index (Phi) is 2.99. The third-order valence-electron chi connectivity index (χ3n) is 3.15. The highest BCUT2D eigenvalue weighted by Gasteiger charge is 2.20. The third-order valence-corrected chi connectivity index (χ3v) is 3.15. The molecule has 3 nitrogen and oxygen atoms in total. The van der Waals surface area contributed by atoms with Crippen LogP contribution in [0.25, 0.3) is 11.0 Å². The summed E-state index contributed by atoms with van der Waals surface area (Å²) in [7, 11) is 1.36. The zero-order valence-corrected chi connectivity index (χ0v) is 10.7. The first-order chi connectivity index (χ1) is 9.72. The van der Waals surface area contributed by atoms with Gasteiger partial charge < -0.3 is 9.15 Å². The van der Waals surface area contributed by atoms with Gasteiger partial charge in [0.1, 0.15) is 11.8 Å². The van der Waals surface area contributed by atoms with E-state index < -0.39 is 11.6 Å². The standard InChI is InChI=1S/C16H11FO3/c1-19-14-8-4-6-11(15(14)17)16(18)12-9-20-13-7-3-2-5-10(12)13/h2-9H,1H3. The van der Waals surface area contributed by atoms with Crippen LogP contribution in [0.5, 0.6) is 5.75 Å². The van der Waals surface area contributed by atoms with Crippen molar-refractivity contribution in [2.24, 2.45) is 0 Å². The van der Waals surface area contributed by atoms with Crippen LogP contribution in [0, 0.1) is 5.82 Å². The highest BCUT2D eigenvalue weighted by molar-refractivity contribution is 6.16. The van der Waals surface area contributed by atoms with Gasteiger partial charge in [0.25, 0.3) is 0 Å². The molecule has 20 heavy (non-hydrogen) atoms. The lowest BCUT2D eigenvalue weighted by Gasteiger charge is -2.05. The van der Waals surface area contributed by atoms with Gasteiger partial charge in [-0.3, -0.25) is 4.79 Å². The Labute approximate surface area is 114 Å². The van der Waals surface area contributed by atoms with E-state index in [0.717, 1.165) is 0 Å². The molecular weight excluding hydrogens is 259 g/mol.